The molecule has 0 atom stereocenters. The number of nitrogens with one attached hydrogen (secondary N) is 1. The van der Waals surface area contributed by atoms with E-state index in [1.807, 2.05) is 7.05 Å². The molecule has 1 N–H and O–H groups in total. The molecule has 1 aromatic heterocycles. The van der Waals surface area contributed by atoms with Crippen LogP contribution in [0.1, 0.15) is 34.7 Å². The van der Waals surface area contributed by atoms with Gasteiger partial charge in [0.25, 0.3) is 0 Å². The molecule has 1 aliphatic heterocycles. The van der Waals surface area contributed by atoms with E-state index in [0.717, 1.165) is 50.6 Å². The number of benzene rings is 1. The Morgan fingerprint density at radius 3 is 2.88 bits per heavy atom. The Morgan fingerprint density at radius 1 is 1.29 bits per heavy atom. The van der Waals surface area contributed by atoms with Crippen molar-refractivity contribution in [1.29, 1.82) is 0 Å². The average molecular weight is 343 g/mol. The third-order valence-corrected chi connectivity index (χ3v) is 5.44. The highest BCUT2D eigenvalue weighted by Crippen LogP contribution is 2.18. The first-order valence-corrected chi connectivity index (χ1v) is 9.57. The van der Waals surface area contributed by atoms with Crippen molar-refractivity contribution in [3.8, 4) is 0 Å². The third-order valence-electron chi connectivity index (χ3n) is 4.41. The van der Waals surface area contributed by atoms with Crippen LogP contribution in [0.15, 0.2) is 34.6 Å². The quantitative estimate of drug-likeness (QED) is 0.514. The van der Waals surface area contributed by atoms with E-state index >= 15 is 0 Å². The van der Waals surface area contributed by atoms with E-state index in [1.54, 1.807) is 11.3 Å². The molecule has 0 saturated carbocycles. The van der Waals surface area contributed by atoms with Crippen molar-refractivity contribution in [2.75, 3.05) is 20.1 Å². The number of fused-ring (bicyclic) bond motifs is 1. The highest BCUT2D eigenvalue weighted by molar-refractivity contribution is 7.09. The van der Waals surface area contributed by atoms with Gasteiger partial charge in [0, 0.05) is 37.8 Å². The topological polar surface area (TPSA) is 40.5 Å². The fourth-order valence-electron chi connectivity index (χ4n) is 3.13. The van der Waals surface area contributed by atoms with Gasteiger partial charge >= 0.3 is 0 Å². The zero-order chi connectivity index (χ0) is 16.8. The van der Waals surface area contributed by atoms with Gasteiger partial charge < -0.3 is 10.2 Å². The van der Waals surface area contributed by atoms with Gasteiger partial charge in [-0.05, 0) is 43.7 Å². The van der Waals surface area contributed by atoms with Crippen molar-refractivity contribution in [1.82, 2.24) is 15.2 Å². The summed E-state index contributed by atoms with van der Waals surface area (Å²) in [6.07, 6.45) is 4.48. The molecule has 2 heterocycles. The molecular weight excluding hydrogens is 316 g/mol. The molecule has 0 amide bonds. The second kappa shape index (κ2) is 8.29. The van der Waals surface area contributed by atoms with Crippen LogP contribution in [0.2, 0.25) is 0 Å². The number of aryl methyl sites for hydroxylation is 2. The molecule has 1 aromatic carbocycles. The molecule has 0 aliphatic carbocycles. The van der Waals surface area contributed by atoms with Gasteiger partial charge in [0.2, 0.25) is 0 Å². The minimum Gasteiger partial charge on any atom is -0.356 e. The van der Waals surface area contributed by atoms with Gasteiger partial charge in [0.1, 0.15) is 0 Å². The molecule has 0 unspecified atom stereocenters. The van der Waals surface area contributed by atoms with Crippen molar-refractivity contribution in [3.05, 3.63) is 51.5 Å². The molecular formula is C19H26N4S. The van der Waals surface area contributed by atoms with Crippen LogP contribution in [0.4, 0.5) is 0 Å². The molecule has 0 spiro atoms. The maximum atomic E-state index is 4.52. The van der Waals surface area contributed by atoms with E-state index in [4.69, 9.17) is 0 Å². The maximum Gasteiger partial charge on any atom is 0.193 e. The van der Waals surface area contributed by atoms with Crippen LogP contribution >= 0.6 is 11.3 Å². The second-order valence-corrected chi connectivity index (χ2v) is 7.20. The van der Waals surface area contributed by atoms with Crippen LogP contribution in [-0.2, 0) is 19.4 Å². The van der Waals surface area contributed by atoms with E-state index in [-0.39, 0.29) is 0 Å². The number of rotatable bonds is 5. The summed E-state index contributed by atoms with van der Waals surface area (Å²) >= 11 is 1.77. The van der Waals surface area contributed by atoms with Crippen molar-refractivity contribution in [3.63, 3.8) is 0 Å². The summed E-state index contributed by atoms with van der Waals surface area (Å²) in [5.74, 6) is 1.02. The Morgan fingerprint density at radius 2 is 2.12 bits per heavy atom. The normalized spacial score (nSPS) is 14.6. The Balaban J connectivity index is 1.42. The van der Waals surface area contributed by atoms with Gasteiger partial charge in [-0.3, -0.25) is 4.99 Å². The van der Waals surface area contributed by atoms with Gasteiger partial charge in [-0.25, -0.2) is 4.98 Å². The zero-order valence-electron chi connectivity index (χ0n) is 14.6. The summed E-state index contributed by atoms with van der Waals surface area (Å²) < 4.78 is 0. The fourth-order valence-corrected chi connectivity index (χ4v) is 3.95. The Bertz CT molecular complexity index is 692. The minimum atomic E-state index is 0.953. The minimum absolute atomic E-state index is 0.953. The summed E-state index contributed by atoms with van der Waals surface area (Å²) in [6.45, 7) is 5.01. The highest BCUT2D eigenvalue weighted by atomic mass is 32.1. The first-order chi connectivity index (χ1) is 11.8. The van der Waals surface area contributed by atoms with Gasteiger partial charge in [0.15, 0.2) is 5.96 Å². The monoisotopic (exact) mass is 342 g/mol. The van der Waals surface area contributed by atoms with Crippen LogP contribution in [0.25, 0.3) is 0 Å². The number of unbranched alkanes of at least 4 members (excludes halogenated alkanes) is 1. The number of thiazole rings is 1. The second-order valence-electron chi connectivity index (χ2n) is 6.25. The molecule has 5 heteroatoms. The zero-order valence-corrected chi connectivity index (χ0v) is 15.4. The van der Waals surface area contributed by atoms with Crippen molar-refractivity contribution in [2.45, 2.75) is 39.2 Å². The molecule has 0 saturated heterocycles. The van der Waals surface area contributed by atoms with E-state index in [9.17, 15) is 0 Å². The summed E-state index contributed by atoms with van der Waals surface area (Å²) in [4.78, 5) is 11.3. The molecule has 0 bridgehead atoms. The van der Waals surface area contributed by atoms with Gasteiger partial charge in [0.05, 0.1) is 5.01 Å². The highest BCUT2D eigenvalue weighted by Gasteiger charge is 2.18. The van der Waals surface area contributed by atoms with Crippen LogP contribution in [-0.4, -0.2) is 36.0 Å². The van der Waals surface area contributed by atoms with Crippen LogP contribution < -0.4 is 5.32 Å². The predicted octanol–water partition coefficient (Wildman–Crippen LogP) is 3.41. The van der Waals surface area contributed by atoms with E-state index in [1.165, 1.54) is 22.6 Å². The van der Waals surface area contributed by atoms with Crippen molar-refractivity contribution in [2.24, 2.45) is 4.99 Å². The smallest absolute Gasteiger partial charge is 0.193 e. The Labute approximate surface area is 148 Å². The number of hydrogen-bond donors (Lipinski definition) is 1. The summed E-state index contributed by atoms with van der Waals surface area (Å²) in [5.41, 5.74) is 4.03. The molecule has 3 rings (SSSR count). The first-order valence-electron chi connectivity index (χ1n) is 8.69. The molecule has 128 valence electrons. The lowest BCUT2D eigenvalue weighted by Crippen LogP contribution is -2.44. The summed E-state index contributed by atoms with van der Waals surface area (Å²) in [7, 11) is 1.88. The Kier molecular flexibility index (Phi) is 5.86. The molecule has 2 aromatic rings. The molecule has 0 radical (unpaired) electrons. The maximum absolute atomic E-state index is 4.52. The number of aliphatic imine (C=N–C) groups is 1. The van der Waals surface area contributed by atoms with Gasteiger partial charge in [-0.1, -0.05) is 24.3 Å². The van der Waals surface area contributed by atoms with Crippen molar-refractivity contribution >= 4 is 17.3 Å². The summed E-state index contributed by atoms with van der Waals surface area (Å²) in [5, 5.41) is 6.90. The summed E-state index contributed by atoms with van der Waals surface area (Å²) in [6, 6.07) is 8.72. The van der Waals surface area contributed by atoms with Gasteiger partial charge in [-0.2, -0.15) is 0 Å². The Hall–Kier alpha value is -1.88. The van der Waals surface area contributed by atoms with Gasteiger partial charge in [-0.15, -0.1) is 11.3 Å². The lowest BCUT2D eigenvalue weighted by molar-refractivity contribution is 0.378. The standard InChI is InChI=1S/C19H26N4S/c1-15-14-24-18(22-15)9-5-6-11-21-19(20-2)23-12-10-16-7-3-4-8-17(16)13-23/h3-4,7-8,14H,5-6,9-13H2,1-2H3,(H,20,21). The van der Waals surface area contributed by atoms with E-state index in [2.05, 4.69) is 56.8 Å². The number of aromatic nitrogens is 1. The number of guanidine groups is 1. The van der Waals surface area contributed by atoms with Crippen LogP contribution in [0, 0.1) is 6.92 Å². The lowest BCUT2D eigenvalue weighted by Gasteiger charge is -2.31. The number of nitrogens with zero attached hydrogens (tertiary/aromatic N) is 3. The third kappa shape index (κ3) is 4.35. The van der Waals surface area contributed by atoms with Crippen LogP contribution in [0.3, 0.4) is 0 Å². The van der Waals surface area contributed by atoms with Crippen LogP contribution in [0.5, 0.6) is 0 Å². The van der Waals surface area contributed by atoms with Crippen molar-refractivity contribution < 1.29 is 0 Å². The van der Waals surface area contributed by atoms with E-state index < -0.39 is 0 Å². The number of hydrogen-bond acceptors (Lipinski definition) is 3. The molecule has 0 fully saturated rings. The molecule has 1 aliphatic rings. The first kappa shape index (κ1) is 17.0. The molecule has 4 nitrogen and oxygen atoms in total. The largest absolute Gasteiger partial charge is 0.356 e. The molecule has 24 heavy (non-hydrogen) atoms. The lowest BCUT2D eigenvalue weighted by atomic mass is 10.0. The average Bonchev–Trinajstić information content (AvgIpc) is 3.03. The predicted molar refractivity (Wildman–Crippen MR) is 102 cm³/mol. The SMILES string of the molecule is CN=C(NCCCCc1nc(C)cs1)N1CCc2ccccc2C1. The fraction of sp³-hybridized carbons (Fsp3) is 0.474. The van der Waals surface area contributed by atoms with E-state index in [0.29, 0.717) is 0 Å².